The van der Waals surface area contributed by atoms with Crippen LogP contribution >= 0.6 is 0 Å². The molecule has 3 aromatic carbocycles. The summed E-state index contributed by atoms with van der Waals surface area (Å²) in [5.74, 6) is -0.130. The van der Waals surface area contributed by atoms with E-state index in [2.05, 4.69) is 5.32 Å². The topological polar surface area (TPSA) is 96.0 Å². The highest BCUT2D eigenvalue weighted by Crippen LogP contribution is 2.25. The number of sulfonamides is 1. The fraction of sp³-hybridized carbons (Fsp3) is 0.355. The number of carbonyl (C=O) groups excluding carboxylic acids is 2. The number of nitrogens with one attached hydrogen (secondary N) is 1. The predicted molar refractivity (Wildman–Crippen MR) is 158 cm³/mol. The van der Waals surface area contributed by atoms with Crippen LogP contribution in [0.1, 0.15) is 45.2 Å². The van der Waals surface area contributed by atoms with Gasteiger partial charge in [-0.05, 0) is 76.1 Å². The first kappa shape index (κ1) is 30.7. The van der Waals surface area contributed by atoms with Gasteiger partial charge in [0.25, 0.3) is 10.0 Å². The molecule has 9 heteroatoms. The Morgan fingerprint density at radius 2 is 1.52 bits per heavy atom. The van der Waals surface area contributed by atoms with Crippen molar-refractivity contribution < 1.29 is 22.7 Å². The maximum atomic E-state index is 14.1. The number of methoxy groups -OCH3 is 1. The van der Waals surface area contributed by atoms with Gasteiger partial charge in [0.2, 0.25) is 11.8 Å². The van der Waals surface area contributed by atoms with E-state index < -0.39 is 34.1 Å². The Labute approximate surface area is 238 Å². The van der Waals surface area contributed by atoms with E-state index in [1.54, 1.807) is 61.7 Å². The van der Waals surface area contributed by atoms with E-state index in [-0.39, 0.29) is 17.3 Å². The minimum Gasteiger partial charge on any atom is -0.497 e. The van der Waals surface area contributed by atoms with Crippen molar-refractivity contribution in [1.29, 1.82) is 0 Å². The maximum Gasteiger partial charge on any atom is 0.264 e. The molecule has 0 heterocycles. The van der Waals surface area contributed by atoms with Gasteiger partial charge in [-0.25, -0.2) is 8.42 Å². The largest absolute Gasteiger partial charge is 0.497 e. The number of para-hydroxylation sites is 1. The molecule has 40 heavy (non-hydrogen) atoms. The molecular formula is C31H39N3O5S. The minimum absolute atomic E-state index is 0.0778. The third kappa shape index (κ3) is 7.85. The monoisotopic (exact) mass is 565 g/mol. The zero-order valence-electron chi connectivity index (χ0n) is 24.0. The Hall–Kier alpha value is -3.85. The lowest BCUT2D eigenvalue weighted by Gasteiger charge is -2.34. The quantitative estimate of drug-likeness (QED) is 0.356. The standard InChI is InChI=1S/C31H39N3O5S/c1-7-28(30(36)32-31(3,4)5)33(21-24-15-17-26(39-6)18-16-24)29(35)22-34(25-11-9-8-10-12-25)40(37,38)27-19-13-23(2)14-20-27/h8-20,28H,7,21-22H2,1-6H3,(H,32,36)/t28-/m1/s1. The van der Waals surface area contributed by atoms with Gasteiger partial charge in [0.1, 0.15) is 18.3 Å². The lowest BCUT2D eigenvalue weighted by atomic mass is 10.1. The van der Waals surface area contributed by atoms with E-state index in [4.69, 9.17) is 4.74 Å². The van der Waals surface area contributed by atoms with Crippen molar-refractivity contribution in [3.05, 3.63) is 90.0 Å². The predicted octanol–water partition coefficient (Wildman–Crippen LogP) is 4.92. The number of ether oxygens (including phenoxy) is 1. The summed E-state index contributed by atoms with van der Waals surface area (Å²) in [5.41, 5.74) is 1.55. The number of anilines is 1. The molecule has 0 aliphatic heterocycles. The number of hydrogen-bond acceptors (Lipinski definition) is 5. The number of benzene rings is 3. The highest BCUT2D eigenvalue weighted by molar-refractivity contribution is 7.92. The molecule has 0 unspecified atom stereocenters. The molecule has 2 amide bonds. The second kappa shape index (κ2) is 13.0. The summed E-state index contributed by atoms with van der Waals surface area (Å²) in [7, 11) is -2.52. The average molecular weight is 566 g/mol. The SMILES string of the molecule is CC[C@H](C(=O)NC(C)(C)C)N(Cc1ccc(OC)cc1)C(=O)CN(c1ccccc1)S(=O)(=O)c1ccc(C)cc1. The van der Waals surface area contributed by atoms with Crippen molar-refractivity contribution in [2.45, 2.75) is 64.1 Å². The van der Waals surface area contributed by atoms with Gasteiger partial charge >= 0.3 is 0 Å². The van der Waals surface area contributed by atoms with Gasteiger partial charge in [0.15, 0.2) is 0 Å². The van der Waals surface area contributed by atoms with E-state index >= 15 is 0 Å². The molecule has 1 N–H and O–H groups in total. The van der Waals surface area contributed by atoms with Crippen LogP contribution in [0.4, 0.5) is 5.69 Å². The first-order valence-electron chi connectivity index (χ1n) is 13.2. The summed E-state index contributed by atoms with van der Waals surface area (Å²) in [4.78, 5) is 29.0. The first-order chi connectivity index (χ1) is 18.9. The summed E-state index contributed by atoms with van der Waals surface area (Å²) in [6, 6.07) is 21.4. The molecule has 0 saturated carbocycles. The van der Waals surface area contributed by atoms with Crippen LogP contribution in [0.15, 0.2) is 83.8 Å². The van der Waals surface area contributed by atoms with E-state index in [1.165, 1.54) is 17.0 Å². The second-order valence-electron chi connectivity index (χ2n) is 10.7. The van der Waals surface area contributed by atoms with Crippen LogP contribution in [-0.2, 0) is 26.2 Å². The van der Waals surface area contributed by atoms with Crippen LogP contribution < -0.4 is 14.4 Å². The van der Waals surface area contributed by atoms with Crippen molar-refractivity contribution in [2.75, 3.05) is 18.0 Å². The Morgan fingerprint density at radius 3 is 2.05 bits per heavy atom. The van der Waals surface area contributed by atoms with Crippen molar-refractivity contribution in [3.63, 3.8) is 0 Å². The molecule has 1 atom stereocenters. The number of amides is 2. The summed E-state index contributed by atoms with van der Waals surface area (Å²) in [5, 5.41) is 2.97. The molecule has 0 bridgehead atoms. The van der Waals surface area contributed by atoms with Gasteiger partial charge in [0, 0.05) is 12.1 Å². The van der Waals surface area contributed by atoms with Crippen LogP contribution in [0, 0.1) is 6.92 Å². The van der Waals surface area contributed by atoms with Gasteiger partial charge in [0.05, 0.1) is 17.7 Å². The van der Waals surface area contributed by atoms with Gasteiger partial charge in [-0.15, -0.1) is 0 Å². The normalized spacial score (nSPS) is 12.3. The highest BCUT2D eigenvalue weighted by Gasteiger charge is 2.34. The van der Waals surface area contributed by atoms with E-state index in [9.17, 15) is 18.0 Å². The number of hydrogen-bond donors (Lipinski definition) is 1. The molecule has 0 fully saturated rings. The maximum absolute atomic E-state index is 14.1. The lowest BCUT2D eigenvalue weighted by molar-refractivity contribution is -0.141. The third-order valence-corrected chi connectivity index (χ3v) is 8.12. The van der Waals surface area contributed by atoms with Gasteiger partial charge in [-0.2, -0.15) is 0 Å². The smallest absolute Gasteiger partial charge is 0.264 e. The molecular weight excluding hydrogens is 526 g/mol. The van der Waals surface area contributed by atoms with Crippen LogP contribution in [0.2, 0.25) is 0 Å². The van der Waals surface area contributed by atoms with Crippen molar-refractivity contribution >= 4 is 27.5 Å². The van der Waals surface area contributed by atoms with Crippen molar-refractivity contribution in [1.82, 2.24) is 10.2 Å². The molecule has 214 valence electrons. The van der Waals surface area contributed by atoms with Crippen LogP contribution in [-0.4, -0.2) is 50.4 Å². The van der Waals surface area contributed by atoms with Gasteiger partial charge in [-0.1, -0.05) is 55.0 Å². The Morgan fingerprint density at radius 1 is 0.925 bits per heavy atom. The van der Waals surface area contributed by atoms with E-state index in [1.807, 2.05) is 46.8 Å². The molecule has 0 aliphatic rings. The molecule has 0 aromatic heterocycles. The Balaban J connectivity index is 2.04. The first-order valence-corrected chi connectivity index (χ1v) is 14.7. The van der Waals surface area contributed by atoms with Gasteiger partial charge in [-0.3, -0.25) is 13.9 Å². The fourth-order valence-electron chi connectivity index (χ4n) is 4.26. The Kier molecular flexibility index (Phi) is 9.98. The molecule has 0 spiro atoms. The number of aryl methyl sites for hydroxylation is 1. The van der Waals surface area contributed by atoms with Crippen LogP contribution in [0.3, 0.4) is 0 Å². The minimum atomic E-state index is -4.09. The fourth-order valence-corrected chi connectivity index (χ4v) is 5.67. The second-order valence-corrected chi connectivity index (χ2v) is 12.6. The molecule has 3 aromatic rings. The number of nitrogens with zero attached hydrogens (tertiary/aromatic N) is 2. The number of carbonyl (C=O) groups is 2. The van der Waals surface area contributed by atoms with E-state index in [0.29, 0.717) is 17.9 Å². The lowest BCUT2D eigenvalue weighted by Crippen LogP contribution is -2.55. The molecule has 0 radical (unpaired) electrons. The van der Waals surface area contributed by atoms with Gasteiger partial charge < -0.3 is 15.0 Å². The zero-order valence-corrected chi connectivity index (χ0v) is 24.9. The Bertz CT molecular complexity index is 1380. The number of rotatable bonds is 11. The summed E-state index contributed by atoms with van der Waals surface area (Å²) in [6.45, 7) is 8.97. The van der Waals surface area contributed by atoms with Crippen LogP contribution in [0.5, 0.6) is 5.75 Å². The molecule has 3 rings (SSSR count). The summed E-state index contributed by atoms with van der Waals surface area (Å²) in [6.07, 6.45) is 0.347. The highest BCUT2D eigenvalue weighted by atomic mass is 32.2. The average Bonchev–Trinajstić information content (AvgIpc) is 2.91. The van der Waals surface area contributed by atoms with Crippen molar-refractivity contribution in [2.24, 2.45) is 0 Å². The van der Waals surface area contributed by atoms with E-state index in [0.717, 1.165) is 15.4 Å². The molecule has 8 nitrogen and oxygen atoms in total. The van der Waals surface area contributed by atoms with Crippen molar-refractivity contribution in [3.8, 4) is 5.75 Å². The summed E-state index contributed by atoms with van der Waals surface area (Å²) >= 11 is 0. The molecule has 0 aliphatic carbocycles. The zero-order chi connectivity index (χ0) is 29.5. The molecule has 0 saturated heterocycles. The third-order valence-electron chi connectivity index (χ3n) is 6.33. The van der Waals surface area contributed by atoms with Crippen LogP contribution in [0.25, 0.3) is 0 Å². The summed E-state index contributed by atoms with van der Waals surface area (Å²) < 4.78 is 34.1.